The third-order valence-corrected chi connectivity index (χ3v) is 0. The third-order valence-electron chi connectivity index (χ3n) is 0. The standard InChI is InChI=1S/Cu.Mn.2O/q;+4;2*-2. The van der Waals surface area contributed by atoms with Crippen LogP contribution in [-0.4, -0.2) is 0 Å². The molecule has 4 heavy (non-hydrogen) atoms. The Morgan fingerprint density at radius 1 is 0.750 bits per heavy atom. The first-order valence-electron chi connectivity index (χ1n) is 0. The van der Waals surface area contributed by atoms with E-state index in [4.69, 9.17) is 0 Å². The molecular formula is CuMnO2. The molecule has 0 saturated carbocycles. The van der Waals surface area contributed by atoms with Crippen LogP contribution in [0.15, 0.2) is 0 Å². The van der Waals surface area contributed by atoms with E-state index >= 15 is 0 Å². The molecule has 4 heteroatoms. The van der Waals surface area contributed by atoms with Crippen LogP contribution in [0.1, 0.15) is 0 Å². The molecule has 0 spiro atoms. The van der Waals surface area contributed by atoms with Crippen LogP contribution in [0.25, 0.3) is 0 Å². The van der Waals surface area contributed by atoms with E-state index in [2.05, 4.69) is 0 Å². The van der Waals surface area contributed by atoms with Gasteiger partial charge in [-0.2, -0.15) is 0 Å². The van der Waals surface area contributed by atoms with Gasteiger partial charge in [-0.3, -0.25) is 0 Å². The first-order chi connectivity index (χ1) is 0. The van der Waals surface area contributed by atoms with Gasteiger partial charge >= 0.3 is 17.1 Å². The van der Waals surface area contributed by atoms with Gasteiger partial charge in [-0.05, 0) is 0 Å². The summed E-state index contributed by atoms with van der Waals surface area (Å²) in [6.45, 7) is 0. The maximum Gasteiger partial charge on any atom is 4.00 e. The Hall–Kier alpha value is 0.959. The van der Waals surface area contributed by atoms with Gasteiger partial charge in [0.05, 0.1) is 0 Å². The molecule has 2 nitrogen and oxygen atoms in total. The molecule has 0 heterocycles. The maximum absolute atomic E-state index is 0. The Labute approximate surface area is 45.5 Å². The molecule has 0 aromatic rings. The van der Waals surface area contributed by atoms with Crippen LogP contribution in [0, 0.1) is 0 Å². The summed E-state index contributed by atoms with van der Waals surface area (Å²) in [5.74, 6) is 0. The second-order valence-electron chi connectivity index (χ2n) is 0. The Bertz CT molecular complexity index is 6.00. The van der Waals surface area contributed by atoms with Crippen molar-refractivity contribution in [3.8, 4) is 0 Å². The van der Waals surface area contributed by atoms with Gasteiger partial charge in [0, 0.05) is 17.1 Å². The summed E-state index contributed by atoms with van der Waals surface area (Å²) in [6, 6.07) is 0. The van der Waals surface area contributed by atoms with Crippen molar-refractivity contribution in [1.82, 2.24) is 0 Å². The van der Waals surface area contributed by atoms with Crippen molar-refractivity contribution in [3.05, 3.63) is 0 Å². The van der Waals surface area contributed by atoms with Crippen molar-refractivity contribution in [2.24, 2.45) is 0 Å². The molecule has 0 N–H and O–H groups in total. The van der Waals surface area contributed by atoms with E-state index < -0.39 is 0 Å². The average molecular weight is 150 g/mol. The average Bonchev–Trinajstić information content (AvgIpc) is 0. The minimum absolute atomic E-state index is 0. The predicted molar refractivity (Wildman–Crippen MR) is 1.37 cm³/mol. The predicted octanol–water partition coefficient (Wildman–Crippen LogP) is -0.243. The summed E-state index contributed by atoms with van der Waals surface area (Å²) in [7, 11) is 0. The largest absolute Gasteiger partial charge is 4.00 e. The molecule has 0 bridgehead atoms. The fraction of sp³-hybridized carbons (Fsp3) is 0. The van der Waals surface area contributed by atoms with Gasteiger partial charge in [0.15, 0.2) is 0 Å². The van der Waals surface area contributed by atoms with Crippen molar-refractivity contribution in [2.45, 2.75) is 0 Å². The maximum atomic E-state index is 0. The summed E-state index contributed by atoms with van der Waals surface area (Å²) in [5, 5.41) is 0. The summed E-state index contributed by atoms with van der Waals surface area (Å²) >= 11 is 0. The first kappa shape index (κ1) is 84.5. The van der Waals surface area contributed by atoms with Crippen LogP contribution in [0.5, 0.6) is 0 Å². The molecule has 0 aromatic carbocycles. The third kappa shape index (κ3) is 12.3. The summed E-state index contributed by atoms with van der Waals surface area (Å²) in [6.07, 6.45) is 0. The quantitative estimate of drug-likeness (QED) is 0.428. The molecule has 30 valence electrons. The van der Waals surface area contributed by atoms with Crippen LogP contribution < -0.4 is 0 Å². The first-order valence-corrected chi connectivity index (χ1v) is 0. The molecule has 0 rings (SSSR count). The van der Waals surface area contributed by atoms with Crippen LogP contribution in [0.2, 0.25) is 0 Å². The smallest absolute Gasteiger partial charge is 2.00 e. The summed E-state index contributed by atoms with van der Waals surface area (Å²) in [4.78, 5) is 0. The summed E-state index contributed by atoms with van der Waals surface area (Å²) < 4.78 is 0. The zero-order valence-electron chi connectivity index (χ0n) is 1.50. The molecule has 0 fully saturated rings. The molecule has 0 atom stereocenters. The Kier molecular flexibility index (Phi) is 796. The Morgan fingerprint density at radius 3 is 0.750 bits per heavy atom. The van der Waals surface area contributed by atoms with Gasteiger partial charge in [0.25, 0.3) is 0 Å². The van der Waals surface area contributed by atoms with Crippen molar-refractivity contribution >= 4 is 0 Å². The minimum atomic E-state index is 0. The minimum Gasteiger partial charge on any atom is -2.00 e. The van der Waals surface area contributed by atoms with Crippen molar-refractivity contribution < 1.29 is 45.1 Å². The number of hydrogen-bond acceptors (Lipinski definition) is 0. The molecule has 0 aliphatic rings. The Balaban J connectivity index is 0. The fourth-order valence-electron chi connectivity index (χ4n) is 0. The van der Waals surface area contributed by atoms with Crippen LogP contribution >= 0.6 is 0 Å². The molecule has 0 aliphatic carbocycles. The van der Waals surface area contributed by atoms with Gasteiger partial charge in [-0.1, -0.05) is 0 Å². The zero-order valence-corrected chi connectivity index (χ0v) is 3.62. The molecule has 0 unspecified atom stereocenters. The SMILES string of the molecule is [Cu].[Mn+4].[O-2].[O-2]. The number of hydrogen-bond donors (Lipinski definition) is 0. The zero-order chi connectivity index (χ0) is 0. The topological polar surface area (TPSA) is 57.0 Å². The monoisotopic (exact) mass is 150 g/mol. The second-order valence-corrected chi connectivity index (χ2v) is 0. The summed E-state index contributed by atoms with van der Waals surface area (Å²) in [5.41, 5.74) is 0. The molecule has 0 aromatic heterocycles. The van der Waals surface area contributed by atoms with E-state index in [0.717, 1.165) is 0 Å². The van der Waals surface area contributed by atoms with Gasteiger partial charge in [-0.15, -0.1) is 0 Å². The van der Waals surface area contributed by atoms with Gasteiger partial charge in [0.2, 0.25) is 0 Å². The van der Waals surface area contributed by atoms with Gasteiger partial charge in [-0.25, -0.2) is 0 Å². The molecule has 2 radical (unpaired) electrons. The van der Waals surface area contributed by atoms with E-state index in [0.29, 0.717) is 0 Å². The van der Waals surface area contributed by atoms with Crippen molar-refractivity contribution in [2.75, 3.05) is 0 Å². The van der Waals surface area contributed by atoms with E-state index in [9.17, 15) is 0 Å². The van der Waals surface area contributed by atoms with Crippen LogP contribution in [-0.2, 0) is 45.1 Å². The van der Waals surface area contributed by atoms with E-state index in [-0.39, 0.29) is 45.1 Å². The molecular weight excluding hydrogens is 150 g/mol. The van der Waals surface area contributed by atoms with Gasteiger partial charge < -0.3 is 11.0 Å². The fourth-order valence-corrected chi connectivity index (χ4v) is 0. The van der Waals surface area contributed by atoms with E-state index in [1.165, 1.54) is 0 Å². The molecule has 0 amide bonds. The number of rotatable bonds is 0. The Morgan fingerprint density at radius 2 is 0.750 bits per heavy atom. The molecule has 0 saturated heterocycles. The van der Waals surface area contributed by atoms with Crippen molar-refractivity contribution in [1.29, 1.82) is 0 Å². The van der Waals surface area contributed by atoms with E-state index in [1.807, 2.05) is 0 Å². The second kappa shape index (κ2) is 37.7. The molecule has 0 aliphatic heterocycles. The van der Waals surface area contributed by atoms with Gasteiger partial charge in [0.1, 0.15) is 0 Å². The normalized spacial score (nSPS) is 0. The van der Waals surface area contributed by atoms with Crippen LogP contribution in [0.4, 0.5) is 0 Å². The van der Waals surface area contributed by atoms with E-state index in [1.54, 1.807) is 0 Å². The van der Waals surface area contributed by atoms with Crippen molar-refractivity contribution in [3.63, 3.8) is 0 Å². The van der Waals surface area contributed by atoms with Crippen LogP contribution in [0.3, 0.4) is 0 Å².